The number of hydrogen-bond donors (Lipinski definition) is 7. The number of nitrogens with zero attached hydrogens (tertiary/aromatic N) is 5. The fourth-order valence-corrected chi connectivity index (χ4v) is 6.39. The number of rotatable bonds is 8. The third-order valence-corrected chi connectivity index (χ3v) is 10.6. The van der Waals surface area contributed by atoms with Crippen LogP contribution in [0.4, 0.5) is 0 Å². The number of carbonyl (C=O) groups is 2. The Kier molecular flexibility index (Phi) is 27.9. The zero-order valence-corrected chi connectivity index (χ0v) is 34.3. The van der Waals surface area contributed by atoms with Gasteiger partial charge in [0.1, 0.15) is 6.04 Å². The molecule has 0 aromatic carbocycles. The molecule has 7 N–H and O–H groups in total. The van der Waals surface area contributed by atoms with Crippen LogP contribution in [0.5, 0.6) is 0 Å². The van der Waals surface area contributed by atoms with Gasteiger partial charge in [0.05, 0.1) is 25.9 Å². The van der Waals surface area contributed by atoms with Crippen LogP contribution in [0.3, 0.4) is 0 Å². The Morgan fingerprint density at radius 3 is 1.50 bits per heavy atom. The van der Waals surface area contributed by atoms with Crippen LogP contribution in [-0.2, 0) is 9.59 Å². The maximum Gasteiger partial charge on any atom is 0.242 e. The number of likely N-dealkylation sites (tertiary alicyclic amines) is 2. The van der Waals surface area contributed by atoms with Crippen molar-refractivity contribution in [1.82, 2.24) is 45.8 Å². The van der Waals surface area contributed by atoms with E-state index in [9.17, 15) is 14.7 Å². The van der Waals surface area contributed by atoms with Crippen molar-refractivity contribution in [1.29, 1.82) is 0 Å². The van der Waals surface area contributed by atoms with E-state index in [1.807, 2.05) is 16.8 Å². The molecule has 5 rings (SSSR count). The molecule has 14 nitrogen and oxygen atoms in total. The summed E-state index contributed by atoms with van der Waals surface area (Å²) in [5, 5.41) is 39.1. The lowest BCUT2D eigenvalue weighted by Crippen LogP contribution is -2.49. The van der Waals surface area contributed by atoms with Gasteiger partial charge in [-0.3, -0.25) is 14.5 Å². The minimum Gasteiger partial charge on any atom is -0.394 e. The molecule has 308 valence electrons. The standard InChI is InChI=1S/C10H20N2O2.C9H18N2O.C8H18N2O2.C6H13N.C5H12N2/c1-8-3-5-12(6-4-8)10(14)9(7-13)11-2;1-8-3-5-11(6-4-8)9(12)7-10-2;1-9-2-4-10(5-3-9)6-8(12)7-11;1-6-2-4-7-5-3-6;1-7-4-2-6-3-5-7/h8-9,11,13H,3-7H2,1-2H3;8,10H,3-7H2,1-2H3;8,11-12H,2-7H2,1H3;6-7H,2-5H2,1H3;6H,2-5H2,1H3/t9-;;8-;;/m0.1../s1. The molecule has 0 aliphatic carbocycles. The monoisotopic (exact) mass is 744 g/mol. The van der Waals surface area contributed by atoms with Crippen LogP contribution in [0, 0.1) is 17.8 Å². The first-order chi connectivity index (χ1) is 24.9. The lowest BCUT2D eigenvalue weighted by atomic mass is 9.99. The van der Waals surface area contributed by atoms with Crippen molar-refractivity contribution in [2.75, 3.05) is 146 Å². The fourth-order valence-electron chi connectivity index (χ4n) is 6.39. The Labute approximate surface area is 317 Å². The van der Waals surface area contributed by atoms with E-state index < -0.39 is 12.1 Å². The van der Waals surface area contributed by atoms with Gasteiger partial charge in [-0.15, -0.1) is 0 Å². The van der Waals surface area contributed by atoms with Crippen molar-refractivity contribution < 1.29 is 24.9 Å². The maximum atomic E-state index is 11.8. The second kappa shape index (κ2) is 29.8. The Hall–Kier alpha value is -1.46. The summed E-state index contributed by atoms with van der Waals surface area (Å²) in [6, 6.07) is -0.427. The molecule has 0 unspecified atom stereocenters. The van der Waals surface area contributed by atoms with Crippen molar-refractivity contribution >= 4 is 11.8 Å². The topological polar surface area (TPSA) is 159 Å². The summed E-state index contributed by atoms with van der Waals surface area (Å²) in [6.07, 6.45) is 6.65. The molecule has 2 amide bonds. The molecule has 5 saturated heterocycles. The highest BCUT2D eigenvalue weighted by Crippen LogP contribution is 2.17. The molecule has 5 fully saturated rings. The zero-order chi connectivity index (χ0) is 38.7. The first-order valence-electron chi connectivity index (χ1n) is 20.2. The summed E-state index contributed by atoms with van der Waals surface area (Å²) in [4.78, 5) is 33.7. The highest BCUT2D eigenvalue weighted by atomic mass is 16.3. The summed E-state index contributed by atoms with van der Waals surface area (Å²) in [5.41, 5.74) is 0. The summed E-state index contributed by atoms with van der Waals surface area (Å²) in [5.74, 6) is 2.76. The van der Waals surface area contributed by atoms with Crippen molar-refractivity contribution in [2.45, 2.75) is 71.4 Å². The maximum absolute atomic E-state index is 11.8. The summed E-state index contributed by atoms with van der Waals surface area (Å²) in [6.45, 7) is 22.5. The Morgan fingerprint density at radius 2 is 1.12 bits per heavy atom. The number of piperidine rings is 3. The molecule has 0 aromatic heterocycles. The summed E-state index contributed by atoms with van der Waals surface area (Å²) < 4.78 is 0. The smallest absolute Gasteiger partial charge is 0.242 e. The molecule has 14 heteroatoms. The number of hydrogen-bond acceptors (Lipinski definition) is 12. The van der Waals surface area contributed by atoms with Crippen molar-refractivity contribution in [2.24, 2.45) is 17.8 Å². The number of aliphatic hydroxyl groups is 3. The third-order valence-electron chi connectivity index (χ3n) is 10.6. The van der Waals surface area contributed by atoms with Crippen LogP contribution in [0.15, 0.2) is 0 Å². The molecule has 0 saturated carbocycles. The number of aliphatic hydroxyl groups excluding tert-OH is 3. The van der Waals surface area contributed by atoms with E-state index in [4.69, 9.17) is 10.2 Å². The number of amides is 2. The second-order valence-corrected chi connectivity index (χ2v) is 15.6. The van der Waals surface area contributed by atoms with Gasteiger partial charge < -0.3 is 56.2 Å². The first kappa shape index (κ1) is 48.6. The van der Waals surface area contributed by atoms with Crippen LogP contribution in [0.25, 0.3) is 0 Å². The summed E-state index contributed by atoms with van der Waals surface area (Å²) >= 11 is 0. The molecular weight excluding hydrogens is 662 g/mol. The van der Waals surface area contributed by atoms with Gasteiger partial charge in [0.15, 0.2) is 0 Å². The summed E-state index contributed by atoms with van der Waals surface area (Å²) in [7, 11) is 7.76. The van der Waals surface area contributed by atoms with Crippen LogP contribution in [0.2, 0.25) is 0 Å². The third kappa shape index (κ3) is 22.7. The molecule has 2 atom stereocenters. The van der Waals surface area contributed by atoms with Crippen molar-refractivity contribution in [3.63, 3.8) is 0 Å². The lowest BCUT2D eigenvalue weighted by molar-refractivity contribution is -0.135. The molecule has 0 bridgehead atoms. The van der Waals surface area contributed by atoms with E-state index >= 15 is 0 Å². The first-order valence-corrected chi connectivity index (χ1v) is 20.2. The van der Waals surface area contributed by atoms with Gasteiger partial charge >= 0.3 is 0 Å². The van der Waals surface area contributed by atoms with Crippen molar-refractivity contribution in [3.8, 4) is 0 Å². The molecular formula is C38H81N9O5. The van der Waals surface area contributed by atoms with Gasteiger partial charge in [-0.2, -0.15) is 0 Å². The van der Waals surface area contributed by atoms with Crippen LogP contribution >= 0.6 is 0 Å². The van der Waals surface area contributed by atoms with Gasteiger partial charge in [-0.25, -0.2) is 0 Å². The fraction of sp³-hybridized carbons (Fsp3) is 0.947. The number of β-amino-alcohol motifs (C(OH)–C–C–N with tert-alkyl or cyclic N) is 1. The SMILES string of the molecule is CC1CCNCC1.CN1CCN(C[C@@H](O)CO)CC1.CN1CCNCC1.CNCC(=O)N1CCC(C)CC1.CN[C@@H](CO)C(=O)N1CCC(C)CC1. The van der Waals surface area contributed by atoms with Crippen LogP contribution < -0.4 is 21.3 Å². The predicted octanol–water partition coefficient (Wildman–Crippen LogP) is -0.596. The number of nitrogens with one attached hydrogen (secondary N) is 4. The van der Waals surface area contributed by atoms with E-state index in [-0.39, 0.29) is 25.0 Å². The van der Waals surface area contributed by atoms with E-state index in [1.54, 1.807) is 7.05 Å². The Bertz CT molecular complexity index is 851. The van der Waals surface area contributed by atoms with Gasteiger partial charge in [0.2, 0.25) is 11.8 Å². The average Bonchev–Trinajstić information content (AvgIpc) is 3.15. The highest BCUT2D eigenvalue weighted by molar-refractivity contribution is 5.82. The molecule has 5 aliphatic rings. The number of carbonyl (C=O) groups excluding carboxylic acids is 2. The van der Waals surface area contributed by atoms with E-state index in [0.29, 0.717) is 13.1 Å². The van der Waals surface area contributed by atoms with Gasteiger partial charge in [0.25, 0.3) is 0 Å². The minimum atomic E-state index is -0.576. The Balaban J connectivity index is 0.000000333. The van der Waals surface area contributed by atoms with Gasteiger partial charge in [0, 0.05) is 85.1 Å². The van der Waals surface area contributed by atoms with Gasteiger partial charge in [-0.05, 0) is 97.6 Å². The molecule has 0 radical (unpaired) electrons. The van der Waals surface area contributed by atoms with Gasteiger partial charge in [-0.1, -0.05) is 20.8 Å². The minimum absolute atomic E-state index is 0.0295. The quantitative estimate of drug-likeness (QED) is 0.170. The normalized spacial score (nSPS) is 22.6. The number of piperazine rings is 2. The largest absolute Gasteiger partial charge is 0.394 e. The highest BCUT2D eigenvalue weighted by Gasteiger charge is 2.25. The molecule has 52 heavy (non-hydrogen) atoms. The van der Waals surface area contributed by atoms with Crippen LogP contribution in [-0.4, -0.2) is 210 Å². The molecule has 5 aliphatic heterocycles. The Morgan fingerprint density at radius 1 is 0.654 bits per heavy atom. The average molecular weight is 744 g/mol. The molecule has 0 spiro atoms. The zero-order valence-electron chi connectivity index (χ0n) is 34.3. The predicted molar refractivity (Wildman–Crippen MR) is 212 cm³/mol. The molecule has 5 heterocycles. The van der Waals surface area contributed by atoms with Crippen LogP contribution in [0.1, 0.15) is 59.3 Å². The number of likely N-dealkylation sites (N-methyl/N-ethyl adjacent to an activating group) is 4. The van der Waals surface area contributed by atoms with E-state index in [2.05, 4.69) is 70.8 Å². The molecule has 0 aromatic rings. The second-order valence-electron chi connectivity index (χ2n) is 15.6. The van der Waals surface area contributed by atoms with Crippen molar-refractivity contribution in [3.05, 3.63) is 0 Å². The van der Waals surface area contributed by atoms with E-state index in [0.717, 1.165) is 109 Å². The van der Waals surface area contributed by atoms with E-state index in [1.165, 1.54) is 39.0 Å². The lowest BCUT2D eigenvalue weighted by Gasteiger charge is -2.33.